The number of hydrogen-bond donors (Lipinski definition) is 0. The summed E-state index contributed by atoms with van der Waals surface area (Å²) in [5.74, 6) is 6.28. The van der Waals surface area contributed by atoms with Crippen LogP contribution >= 0.6 is 0 Å². The average molecular weight is 186 g/mol. The molecule has 0 spiro atoms. The van der Waals surface area contributed by atoms with Gasteiger partial charge in [-0.3, -0.25) is 0 Å². The molecular weight excluding hydrogens is 168 g/mol. The van der Waals surface area contributed by atoms with Gasteiger partial charge in [-0.15, -0.1) is 11.8 Å². The van der Waals surface area contributed by atoms with Crippen LogP contribution < -0.4 is 0 Å². The lowest BCUT2D eigenvalue weighted by Crippen LogP contribution is -1.89. The van der Waals surface area contributed by atoms with E-state index in [1.54, 1.807) is 0 Å². The lowest BCUT2D eigenvalue weighted by molar-refractivity contribution is 1.00. The lowest BCUT2D eigenvalue weighted by atomic mass is 10.0. The van der Waals surface area contributed by atoms with Gasteiger partial charge in [-0.1, -0.05) is 30.7 Å². The highest BCUT2D eigenvalue weighted by molar-refractivity contribution is 5.31. The largest absolute Gasteiger partial charge is 0.104 e. The number of hydrogen-bond acceptors (Lipinski definition) is 0. The molecule has 0 heterocycles. The summed E-state index contributed by atoms with van der Waals surface area (Å²) in [6.07, 6.45) is 3.03. The smallest absolute Gasteiger partial charge is 0.0129 e. The summed E-state index contributed by atoms with van der Waals surface area (Å²) in [5, 5.41) is 0. The van der Waals surface area contributed by atoms with Crippen LogP contribution in [0, 0.1) is 25.7 Å². The Kier molecular flexibility index (Phi) is 4.26. The molecule has 0 atom stereocenters. The first-order chi connectivity index (χ1) is 6.74. The maximum absolute atomic E-state index is 3.18. The van der Waals surface area contributed by atoms with Crippen LogP contribution in [0.2, 0.25) is 0 Å². The Bertz CT molecular complexity index is 350. The maximum atomic E-state index is 3.18. The Morgan fingerprint density at radius 3 is 2.64 bits per heavy atom. The number of rotatable bonds is 2. The molecule has 0 N–H and O–H groups in total. The molecule has 0 saturated carbocycles. The molecule has 0 aliphatic rings. The SMILES string of the molecule is CCC#CCCc1cc(C)ccc1C. The van der Waals surface area contributed by atoms with Crippen LogP contribution in [0.15, 0.2) is 18.2 Å². The predicted octanol–water partition coefficient (Wildman–Crippen LogP) is 3.65. The van der Waals surface area contributed by atoms with Crippen molar-refractivity contribution in [3.63, 3.8) is 0 Å². The molecule has 0 heteroatoms. The van der Waals surface area contributed by atoms with Gasteiger partial charge in [0.1, 0.15) is 0 Å². The van der Waals surface area contributed by atoms with E-state index in [4.69, 9.17) is 0 Å². The van der Waals surface area contributed by atoms with E-state index in [1.807, 2.05) is 0 Å². The summed E-state index contributed by atoms with van der Waals surface area (Å²) in [4.78, 5) is 0. The van der Waals surface area contributed by atoms with Gasteiger partial charge in [0, 0.05) is 12.8 Å². The van der Waals surface area contributed by atoms with Crippen molar-refractivity contribution in [2.24, 2.45) is 0 Å². The molecule has 74 valence electrons. The molecule has 0 fully saturated rings. The van der Waals surface area contributed by atoms with E-state index in [9.17, 15) is 0 Å². The van der Waals surface area contributed by atoms with Gasteiger partial charge >= 0.3 is 0 Å². The minimum atomic E-state index is 0.965. The third-order valence-corrected chi connectivity index (χ3v) is 2.33. The summed E-state index contributed by atoms with van der Waals surface area (Å²) >= 11 is 0. The molecule has 0 bridgehead atoms. The Labute approximate surface area is 87.4 Å². The van der Waals surface area contributed by atoms with Crippen molar-refractivity contribution in [2.75, 3.05) is 0 Å². The fourth-order valence-corrected chi connectivity index (χ4v) is 1.48. The first kappa shape index (κ1) is 10.9. The van der Waals surface area contributed by atoms with Crippen LogP contribution in [0.25, 0.3) is 0 Å². The summed E-state index contributed by atoms with van der Waals surface area (Å²) in [6.45, 7) is 6.40. The topological polar surface area (TPSA) is 0 Å². The van der Waals surface area contributed by atoms with Crippen molar-refractivity contribution in [3.05, 3.63) is 34.9 Å². The Balaban J connectivity index is 2.62. The second-order valence-corrected chi connectivity index (χ2v) is 3.64. The predicted molar refractivity (Wildman–Crippen MR) is 62.3 cm³/mol. The monoisotopic (exact) mass is 186 g/mol. The summed E-state index contributed by atoms with van der Waals surface area (Å²) in [7, 11) is 0. The first-order valence-electron chi connectivity index (χ1n) is 5.26. The van der Waals surface area contributed by atoms with E-state index < -0.39 is 0 Å². The summed E-state index contributed by atoms with van der Waals surface area (Å²) in [5.41, 5.74) is 4.17. The van der Waals surface area contributed by atoms with Crippen LogP contribution in [0.5, 0.6) is 0 Å². The Hall–Kier alpha value is -1.22. The van der Waals surface area contributed by atoms with Crippen molar-refractivity contribution in [3.8, 4) is 11.8 Å². The normalized spacial score (nSPS) is 9.36. The molecule has 0 aliphatic heterocycles. The lowest BCUT2D eigenvalue weighted by Gasteiger charge is -2.04. The Morgan fingerprint density at radius 2 is 1.93 bits per heavy atom. The molecule has 0 amide bonds. The van der Waals surface area contributed by atoms with Gasteiger partial charge in [0.15, 0.2) is 0 Å². The molecule has 0 unspecified atom stereocenters. The van der Waals surface area contributed by atoms with Crippen LogP contribution in [0.3, 0.4) is 0 Å². The van der Waals surface area contributed by atoms with Gasteiger partial charge in [-0.25, -0.2) is 0 Å². The number of aryl methyl sites for hydroxylation is 3. The van der Waals surface area contributed by atoms with E-state index in [0.717, 1.165) is 19.3 Å². The minimum absolute atomic E-state index is 0.965. The zero-order chi connectivity index (χ0) is 10.4. The fraction of sp³-hybridized carbons (Fsp3) is 0.429. The second kappa shape index (κ2) is 5.50. The van der Waals surface area contributed by atoms with Crippen LogP contribution in [0.1, 0.15) is 36.5 Å². The van der Waals surface area contributed by atoms with Crippen LogP contribution in [-0.2, 0) is 6.42 Å². The molecule has 1 rings (SSSR count). The highest BCUT2D eigenvalue weighted by atomic mass is 14.0. The van der Waals surface area contributed by atoms with Gasteiger partial charge in [0.25, 0.3) is 0 Å². The van der Waals surface area contributed by atoms with Gasteiger partial charge in [-0.05, 0) is 31.4 Å². The van der Waals surface area contributed by atoms with Gasteiger partial charge in [-0.2, -0.15) is 0 Å². The molecule has 1 aromatic rings. The third kappa shape index (κ3) is 3.26. The second-order valence-electron chi connectivity index (χ2n) is 3.64. The number of benzene rings is 1. The van der Waals surface area contributed by atoms with E-state index in [2.05, 4.69) is 50.8 Å². The Morgan fingerprint density at radius 1 is 1.14 bits per heavy atom. The van der Waals surface area contributed by atoms with Crippen molar-refractivity contribution in [1.29, 1.82) is 0 Å². The third-order valence-electron chi connectivity index (χ3n) is 2.33. The van der Waals surface area contributed by atoms with Crippen molar-refractivity contribution in [2.45, 2.75) is 40.0 Å². The summed E-state index contributed by atoms with van der Waals surface area (Å²) < 4.78 is 0. The first-order valence-corrected chi connectivity index (χ1v) is 5.26. The van der Waals surface area contributed by atoms with Crippen LogP contribution in [0.4, 0.5) is 0 Å². The van der Waals surface area contributed by atoms with E-state index in [1.165, 1.54) is 16.7 Å². The maximum Gasteiger partial charge on any atom is 0.0129 e. The molecule has 0 saturated heterocycles. The molecule has 14 heavy (non-hydrogen) atoms. The molecule has 1 aromatic carbocycles. The van der Waals surface area contributed by atoms with Crippen LogP contribution in [-0.4, -0.2) is 0 Å². The minimum Gasteiger partial charge on any atom is -0.104 e. The molecule has 0 radical (unpaired) electrons. The fourth-order valence-electron chi connectivity index (χ4n) is 1.48. The summed E-state index contributed by atoms with van der Waals surface area (Å²) in [6, 6.07) is 6.62. The highest BCUT2D eigenvalue weighted by Crippen LogP contribution is 2.12. The van der Waals surface area contributed by atoms with Crippen molar-refractivity contribution < 1.29 is 0 Å². The zero-order valence-corrected chi connectivity index (χ0v) is 9.35. The van der Waals surface area contributed by atoms with E-state index in [0.29, 0.717) is 0 Å². The van der Waals surface area contributed by atoms with Gasteiger partial charge in [0.2, 0.25) is 0 Å². The zero-order valence-electron chi connectivity index (χ0n) is 9.35. The molecule has 0 nitrogen and oxygen atoms in total. The van der Waals surface area contributed by atoms with Crippen molar-refractivity contribution >= 4 is 0 Å². The molecule has 0 aromatic heterocycles. The van der Waals surface area contributed by atoms with Gasteiger partial charge in [0.05, 0.1) is 0 Å². The quantitative estimate of drug-likeness (QED) is 0.618. The molecular formula is C14H18. The van der Waals surface area contributed by atoms with Gasteiger partial charge < -0.3 is 0 Å². The average Bonchev–Trinajstić information content (AvgIpc) is 2.18. The molecule has 0 aliphatic carbocycles. The van der Waals surface area contributed by atoms with E-state index >= 15 is 0 Å². The highest BCUT2D eigenvalue weighted by Gasteiger charge is 1.96. The van der Waals surface area contributed by atoms with Crippen molar-refractivity contribution in [1.82, 2.24) is 0 Å². The standard InChI is InChI=1S/C14H18/c1-4-5-6-7-8-14-11-12(2)9-10-13(14)3/h9-11H,4,7-8H2,1-3H3. The van der Waals surface area contributed by atoms with E-state index in [-0.39, 0.29) is 0 Å².